The van der Waals surface area contributed by atoms with Crippen LogP contribution in [0.2, 0.25) is 0 Å². The number of aromatic nitrogens is 1. The SMILES string of the molecule is [O]c1ncc(Br)s1. The van der Waals surface area contributed by atoms with Crippen molar-refractivity contribution in [3.63, 3.8) is 0 Å². The first-order chi connectivity index (χ1) is 3.29. The van der Waals surface area contributed by atoms with Crippen LogP contribution in [-0.2, 0) is 5.11 Å². The summed E-state index contributed by atoms with van der Waals surface area (Å²) in [7, 11) is 0. The minimum Gasteiger partial charge on any atom is -0.255 e. The van der Waals surface area contributed by atoms with E-state index in [-0.39, 0.29) is 5.19 Å². The molecule has 1 aromatic rings. The van der Waals surface area contributed by atoms with Gasteiger partial charge in [-0.25, -0.2) is 4.98 Å². The van der Waals surface area contributed by atoms with Gasteiger partial charge in [0, 0.05) is 0 Å². The molecule has 2 nitrogen and oxygen atoms in total. The molecule has 0 bridgehead atoms. The zero-order valence-corrected chi connectivity index (χ0v) is 5.62. The highest BCUT2D eigenvalue weighted by molar-refractivity contribution is 9.11. The minimum absolute atomic E-state index is 0.146. The molecule has 0 spiro atoms. The molecule has 0 fully saturated rings. The van der Waals surface area contributed by atoms with Crippen LogP contribution >= 0.6 is 27.3 Å². The quantitative estimate of drug-likeness (QED) is 0.599. The van der Waals surface area contributed by atoms with Crippen LogP contribution in [-0.4, -0.2) is 4.98 Å². The van der Waals surface area contributed by atoms with Crippen molar-refractivity contribution in [1.29, 1.82) is 0 Å². The number of thiazole rings is 1. The molecule has 1 aromatic heterocycles. The largest absolute Gasteiger partial charge is 0.327 e. The van der Waals surface area contributed by atoms with Gasteiger partial charge in [-0.3, -0.25) is 5.11 Å². The molecule has 7 heavy (non-hydrogen) atoms. The Morgan fingerprint density at radius 3 is 2.71 bits per heavy atom. The Balaban J connectivity index is 3.04. The van der Waals surface area contributed by atoms with E-state index in [0.717, 1.165) is 15.1 Å². The summed E-state index contributed by atoms with van der Waals surface area (Å²) >= 11 is 4.18. The average Bonchev–Trinajstić information content (AvgIpc) is 1.87. The molecule has 1 heterocycles. The van der Waals surface area contributed by atoms with E-state index in [1.165, 1.54) is 6.20 Å². The highest BCUT2D eigenvalue weighted by Crippen LogP contribution is 2.23. The molecule has 0 amide bonds. The van der Waals surface area contributed by atoms with Crippen LogP contribution in [0.15, 0.2) is 9.98 Å². The van der Waals surface area contributed by atoms with Crippen LogP contribution in [0.3, 0.4) is 0 Å². The summed E-state index contributed by atoms with van der Waals surface area (Å²) < 4.78 is 0.789. The van der Waals surface area contributed by atoms with Crippen molar-refractivity contribution in [2.75, 3.05) is 0 Å². The van der Waals surface area contributed by atoms with Crippen LogP contribution in [0, 0.1) is 0 Å². The molecule has 1 rings (SSSR count). The summed E-state index contributed by atoms with van der Waals surface area (Å²) in [6.07, 6.45) is 1.49. The van der Waals surface area contributed by atoms with E-state index in [0.29, 0.717) is 0 Å². The van der Waals surface area contributed by atoms with Gasteiger partial charge in [0.2, 0.25) is 0 Å². The maximum absolute atomic E-state index is 10.2. The molecule has 0 N–H and O–H groups in total. The van der Waals surface area contributed by atoms with Crippen molar-refractivity contribution in [3.05, 3.63) is 9.98 Å². The highest BCUT2D eigenvalue weighted by Gasteiger charge is 1.93. The lowest BCUT2D eigenvalue weighted by Gasteiger charge is -1.62. The van der Waals surface area contributed by atoms with Gasteiger partial charge in [0.15, 0.2) is 0 Å². The van der Waals surface area contributed by atoms with Crippen molar-refractivity contribution in [2.24, 2.45) is 0 Å². The first-order valence-electron chi connectivity index (χ1n) is 1.57. The Labute approximate surface area is 53.0 Å². The van der Waals surface area contributed by atoms with E-state index in [2.05, 4.69) is 20.9 Å². The second-order valence-electron chi connectivity index (χ2n) is 0.930. The fourth-order valence-corrected chi connectivity index (χ4v) is 1.14. The van der Waals surface area contributed by atoms with Gasteiger partial charge in [-0.1, -0.05) is 11.3 Å². The Bertz CT molecular complexity index is 147. The normalized spacial score (nSPS) is 9.29. The standard InChI is InChI=1S/C3HBrNOS/c4-2-1-5-3(6)7-2/h1H. The molecule has 0 saturated carbocycles. The number of hydrogen-bond donors (Lipinski definition) is 0. The van der Waals surface area contributed by atoms with Crippen molar-refractivity contribution in [3.8, 4) is 5.19 Å². The average molecular weight is 179 g/mol. The van der Waals surface area contributed by atoms with Gasteiger partial charge in [-0.15, -0.1) is 0 Å². The summed E-state index contributed by atoms with van der Waals surface area (Å²) in [5.41, 5.74) is 0. The van der Waals surface area contributed by atoms with Gasteiger partial charge in [0.25, 0.3) is 0 Å². The van der Waals surface area contributed by atoms with Crippen LogP contribution in [0.25, 0.3) is 0 Å². The van der Waals surface area contributed by atoms with E-state index in [9.17, 15) is 5.11 Å². The lowest BCUT2D eigenvalue weighted by molar-refractivity contribution is 0.352. The van der Waals surface area contributed by atoms with E-state index >= 15 is 0 Å². The fraction of sp³-hybridized carbons (Fsp3) is 0. The number of nitrogens with zero attached hydrogens (tertiary/aromatic N) is 1. The molecule has 0 aliphatic carbocycles. The maximum Gasteiger partial charge on any atom is 0.327 e. The zero-order chi connectivity index (χ0) is 5.28. The lowest BCUT2D eigenvalue weighted by Crippen LogP contribution is -1.47. The highest BCUT2D eigenvalue weighted by atomic mass is 79.9. The van der Waals surface area contributed by atoms with Gasteiger partial charge < -0.3 is 0 Å². The molecule has 0 aromatic carbocycles. The molecular weight excluding hydrogens is 178 g/mol. The molecular formula is C3HBrNOS. The summed E-state index contributed by atoms with van der Waals surface area (Å²) in [6, 6.07) is 0. The van der Waals surface area contributed by atoms with Gasteiger partial charge in [-0.2, -0.15) is 0 Å². The molecule has 0 atom stereocenters. The monoisotopic (exact) mass is 178 g/mol. The lowest BCUT2D eigenvalue weighted by atomic mass is 11.0. The van der Waals surface area contributed by atoms with E-state index in [4.69, 9.17) is 0 Å². The predicted molar refractivity (Wildman–Crippen MR) is 29.9 cm³/mol. The molecule has 1 radical (unpaired) electrons. The third-order valence-corrected chi connectivity index (χ3v) is 1.73. The summed E-state index contributed by atoms with van der Waals surface area (Å²) in [6.45, 7) is 0. The fourth-order valence-electron chi connectivity index (χ4n) is 0.240. The van der Waals surface area contributed by atoms with Gasteiger partial charge in [0.05, 0.1) is 9.98 Å². The van der Waals surface area contributed by atoms with E-state index < -0.39 is 0 Å². The Morgan fingerprint density at radius 1 is 1.86 bits per heavy atom. The summed E-state index contributed by atoms with van der Waals surface area (Å²) in [5, 5.41) is 10.0. The topological polar surface area (TPSA) is 32.8 Å². The van der Waals surface area contributed by atoms with Gasteiger partial charge in [0.1, 0.15) is 0 Å². The van der Waals surface area contributed by atoms with Crippen LogP contribution in [0.4, 0.5) is 0 Å². The van der Waals surface area contributed by atoms with E-state index in [1.807, 2.05) is 0 Å². The second kappa shape index (κ2) is 1.79. The summed E-state index contributed by atoms with van der Waals surface area (Å²) in [5.74, 6) is 0. The molecule has 0 saturated heterocycles. The molecule has 0 aliphatic rings. The zero-order valence-electron chi connectivity index (χ0n) is 3.22. The predicted octanol–water partition coefficient (Wildman–Crippen LogP) is 2.05. The number of halogens is 1. The minimum atomic E-state index is -0.146. The Hall–Kier alpha value is -0.0900. The van der Waals surface area contributed by atoms with Crippen molar-refractivity contribution >= 4 is 27.3 Å². The van der Waals surface area contributed by atoms with E-state index in [1.54, 1.807) is 0 Å². The number of hydrogen-bond acceptors (Lipinski definition) is 2. The van der Waals surface area contributed by atoms with Crippen LogP contribution in [0.5, 0.6) is 5.19 Å². The molecule has 0 unspecified atom stereocenters. The number of rotatable bonds is 0. The first-order valence-corrected chi connectivity index (χ1v) is 3.18. The van der Waals surface area contributed by atoms with Crippen molar-refractivity contribution in [1.82, 2.24) is 4.98 Å². The smallest absolute Gasteiger partial charge is 0.255 e. The second-order valence-corrected chi connectivity index (χ2v) is 3.30. The van der Waals surface area contributed by atoms with Crippen LogP contribution < -0.4 is 0 Å². The Morgan fingerprint density at radius 2 is 2.57 bits per heavy atom. The first kappa shape index (κ1) is 5.05. The third kappa shape index (κ3) is 1.14. The van der Waals surface area contributed by atoms with Gasteiger partial charge in [-0.05, 0) is 15.9 Å². The Kier molecular flexibility index (Phi) is 1.30. The molecule has 0 aliphatic heterocycles. The van der Waals surface area contributed by atoms with Crippen molar-refractivity contribution < 1.29 is 5.11 Å². The van der Waals surface area contributed by atoms with Crippen LogP contribution in [0.1, 0.15) is 0 Å². The maximum atomic E-state index is 10.2. The third-order valence-electron chi connectivity index (χ3n) is 0.456. The van der Waals surface area contributed by atoms with Crippen molar-refractivity contribution in [2.45, 2.75) is 0 Å². The summed E-state index contributed by atoms with van der Waals surface area (Å²) in [4.78, 5) is 3.43. The molecule has 37 valence electrons. The molecule has 4 heteroatoms. The van der Waals surface area contributed by atoms with Gasteiger partial charge >= 0.3 is 5.19 Å².